The minimum absolute atomic E-state index is 0.242. The molecule has 0 N–H and O–H groups in total. The van der Waals surface area contributed by atoms with Gasteiger partial charge in [0.05, 0.1) is 25.8 Å². The van der Waals surface area contributed by atoms with Crippen molar-refractivity contribution in [1.29, 1.82) is 0 Å². The van der Waals surface area contributed by atoms with Crippen LogP contribution in [0.15, 0.2) is 41.9 Å². The number of carbonyl (C=O) groups is 1. The Morgan fingerprint density at radius 1 is 1.19 bits per heavy atom. The molecule has 36 heavy (non-hydrogen) atoms. The number of esters is 1. The summed E-state index contributed by atoms with van der Waals surface area (Å²) in [5, 5.41) is 10.4. The van der Waals surface area contributed by atoms with Crippen LogP contribution >= 0.6 is 11.3 Å². The number of thiophene rings is 1. The van der Waals surface area contributed by atoms with E-state index in [-0.39, 0.29) is 12.4 Å². The molecule has 4 rings (SSSR count). The van der Waals surface area contributed by atoms with Crippen LogP contribution in [-0.4, -0.2) is 51.6 Å². The molecule has 0 aliphatic heterocycles. The molecule has 8 heteroatoms. The summed E-state index contributed by atoms with van der Waals surface area (Å²) >= 11 is 1.84. The van der Waals surface area contributed by atoms with Gasteiger partial charge in [-0.1, -0.05) is 37.3 Å². The highest BCUT2D eigenvalue weighted by atomic mass is 32.1. The van der Waals surface area contributed by atoms with Gasteiger partial charge in [0, 0.05) is 24.1 Å². The smallest absolute Gasteiger partial charge is 0.313 e. The van der Waals surface area contributed by atoms with Gasteiger partial charge in [0.15, 0.2) is 0 Å². The van der Waals surface area contributed by atoms with Gasteiger partial charge in [0.2, 0.25) is 0 Å². The number of carbonyl (C=O) groups excluding carboxylic acids is 1. The summed E-state index contributed by atoms with van der Waals surface area (Å²) in [5.41, 5.74) is 3.27. The lowest BCUT2D eigenvalue weighted by molar-refractivity contribution is -0.134. The number of fused-ring (bicyclic) bond motifs is 1. The Bertz CT molecular complexity index is 1080. The molecular formula is C28H38N4O3S. The molecule has 0 bridgehead atoms. The molecule has 0 spiro atoms. The maximum Gasteiger partial charge on any atom is 0.313 e. The third kappa shape index (κ3) is 7.48. The number of aromatic nitrogens is 3. The summed E-state index contributed by atoms with van der Waals surface area (Å²) in [6.45, 7) is 8.12. The van der Waals surface area contributed by atoms with Crippen molar-refractivity contribution in [3.8, 4) is 5.75 Å². The van der Waals surface area contributed by atoms with Crippen LogP contribution < -0.4 is 4.74 Å². The predicted octanol–water partition coefficient (Wildman–Crippen LogP) is 5.07. The molecule has 0 saturated carbocycles. The molecule has 1 aliphatic rings. The molecule has 2 heterocycles. The van der Waals surface area contributed by atoms with Crippen molar-refractivity contribution < 1.29 is 14.3 Å². The lowest BCUT2D eigenvalue weighted by atomic mass is 9.86. The first kappa shape index (κ1) is 26.5. The van der Waals surface area contributed by atoms with Gasteiger partial charge in [-0.3, -0.25) is 14.4 Å². The van der Waals surface area contributed by atoms with E-state index in [1.54, 1.807) is 4.68 Å². The normalized spacial score (nSPS) is 15.2. The third-order valence-electron chi connectivity index (χ3n) is 6.62. The number of ether oxygens (including phenoxy) is 2. The van der Waals surface area contributed by atoms with Crippen molar-refractivity contribution in [1.82, 2.24) is 19.9 Å². The highest BCUT2D eigenvalue weighted by Gasteiger charge is 2.26. The van der Waals surface area contributed by atoms with Crippen molar-refractivity contribution in [3.05, 3.63) is 63.6 Å². The van der Waals surface area contributed by atoms with Crippen LogP contribution in [-0.2, 0) is 41.9 Å². The van der Waals surface area contributed by atoms with Crippen LogP contribution in [0.5, 0.6) is 5.75 Å². The molecule has 0 fully saturated rings. The zero-order valence-electron chi connectivity index (χ0n) is 21.5. The maximum absolute atomic E-state index is 12.6. The van der Waals surface area contributed by atoms with Crippen LogP contribution in [0.1, 0.15) is 61.2 Å². The average molecular weight is 511 g/mol. The fourth-order valence-corrected chi connectivity index (χ4v) is 5.55. The van der Waals surface area contributed by atoms with Gasteiger partial charge in [0.25, 0.3) is 0 Å². The summed E-state index contributed by atoms with van der Waals surface area (Å²) in [4.78, 5) is 16.7. The number of rotatable bonds is 14. The van der Waals surface area contributed by atoms with Gasteiger partial charge in [-0.05, 0) is 73.7 Å². The Balaban J connectivity index is 1.30. The van der Waals surface area contributed by atoms with E-state index < -0.39 is 0 Å². The maximum atomic E-state index is 12.6. The minimum Gasteiger partial charge on any atom is -0.426 e. The second-order valence-corrected chi connectivity index (χ2v) is 10.4. The van der Waals surface area contributed by atoms with E-state index in [0.717, 1.165) is 57.3 Å². The average Bonchev–Trinajstić information content (AvgIpc) is 3.58. The van der Waals surface area contributed by atoms with E-state index in [9.17, 15) is 4.79 Å². The number of aryl methyl sites for hydroxylation is 1. The summed E-state index contributed by atoms with van der Waals surface area (Å²) < 4.78 is 13.0. The SMILES string of the molecule is CCCOCc1cn(CCC(=O)Oc2cccc3c2CC[C@H](N(CCC)CCc2cccs2)C3)nn1. The Morgan fingerprint density at radius 3 is 2.92 bits per heavy atom. The molecule has 0 saturated heterocycles. The predicted molar refractivity (Wildman–Crippen MR) is 142 cm³/mol. The first-order chi connectivity index (χ1) is 17.7. The fraction of sp³-hybridized carbons (Fsp3) is 0.536. The largest absolute Gasteiger partial charge is 0.426 e. The first-order valence-electron chi connectivity index (χ1n) is 13.2. The molecule has 3 aromatic rings. The molecule has 194 valence electrons. The lowest BCUT2D eigenvalue weighted by Crippen LogP contribution is -2.41. The molecule has 1 aliphatic carbocycles. The van der Waals surface area contributed by atoms with E-state index in [1.807, 2.05) is 29.7 Å². The zero-order valence-corrected chi connectivity index (χ0v) is 22.3. The molecular weight excluding hydrogens is 472 g/mol. The Morgan fingerprint density at radius 2 is 2.11 bits per heavy atom. The standard InChI is InChI=1S/C28H38N4O3S/c1-3-14-31(15-12-25-8-6-18-36-25)24-10-11-26-22(19-24)7-5-9-27(26)35-28(33)13-16-32-20-23(29-30-32)21-34-17-4-2/h5-9,18,20,24H,3-4,10-17,19,21H2,1-2H3/t24-/m0/s1. The second-order valence-electron chi connectivity index (χ2n) is 9.41. The molecule has 0 unspecified atom stereocenters. The van der Waals surface area contributed by atoms with Crippen molar-refractivity contribution in [2.45, 2.75) is 78.0 Å². The van der Waals surface area contributed by atoms with Crippen LogP contribution in [0.3, 0.4) is 0 Å². The highest BCUT2D eigenvalue weighted by Crippen LogP contribution is 2.32. The molecule has 0 amide bonds. The van der Waals surface area contributed by atoms with Gasteiger partial charge >= 0.3 is 5.97 Å². The number of hydrogen-bond donors (Lipinski definition) is 0. The number of nitrogens with zero attached hydrogens (tertiary/aromatic N) is 4. The van der Waals surface area contributed by atoms with Gasteiger partial charge in [-0.25, -0.2) is 0 Å². The molecule has 0 radical (unpaired) electrons. The van der Waals surface area contributed by atoms with E-state index in [1.165, 1.54) is 16.0 Å². The quantitative estimate of drug-likeness (QED) is 0.171. The topological polar surface area (TPSA) is 69.5 Å². The molecule has 1 aromatic carbocycles. The van der Waals surface area contributed by atoms with Gasteiger partial charge in [0.1, 0.15) is 11.4 Å². The second kappa shape index (κ2) is 13.7. The highest BCUT2D eigenvalue weighted by molar-refractivity contribution is 7.09. The zero-order chi connectivity index (χ0) is 25.2. The molecule has 1 atom stereocenters. The number of hydrogen-bond acceptors (Lipinski definition) is 7. The Hall–Kier alpha value is -2.55. The van der Waals surface area contributed by atoms with Crippen LogP contribution in [0.2, 0.25) is 0 Å². The Labute approximate surface area is 218 Å². The van der Waals surface area contributed by atoms with E-state index in [2.05, 4.69) is 52.6 Å². The Kier molecular flexibility index (Phi) is 10.1. The van der Waals surface area contributed by atoms with Crippen molar-refractivity contribution in [3.63, 3.8) is 0 Å². The lowest BCUT2D eigenvalue weighted by Gasteiger charge is -2.35. The molecule has 7 nitrogen and oxygen atoms in total. The van der Waals surface area contributed by atoms with Crippen molar-refractivity contribution in [2.75, 3.05) is 19.7 Å². The van der Waals surface area contributed by atoms with E-state index in [0.29, 0.717) is 31.5 Å². The summed E-state index contributed by atoms with van der Waals surface area (Å²) in [6.07, 6.45) is 8.35. The van der Waals surface area contributed by atoms with Crippen LogP contribution in [0, 0.1) is 0 Å². The van der Waals surface area contributed by atoms with Crippen LogP contribution in [0.25, 0.3) is 0 Å². The van der Waals surface area contributed by atoms with Crippen molar-refractivity contribution >= 4 is 17.3 Å². The monoisotopic (exact) mass is 510 g/mol. The molecule has 2 aromatic heterocycles. The van der Waals surface area contributed by atoms with E-state index >= 15 is 0 Å². The number of benzene rings is 1. The summed E-state index contributed by atoms with van der Waals surface area (Å²) in [7, 11) is 0. The van der Waals surface area contributed by atoms with E-state index in [4.69, 9.17) is 9.47 Å². The van der Waals surface area contributed by atoms with Gasteiger partial charge in [-0.15, -0.1) is 16.4 Å². The third-order valence-corrected chi connectivity index (χ3v) is 7.56. The minimum atomic E-state index is -0.242. The fourth-order valence-electron chi connectivity index (χ4n) is 4.85. The first-order valence-corrected chi connectivity index (χ1v) is 14.1. The van der Waals surface area contributed by atoms with Gasteiger partial charge in [-0.2, -0.15) is 0 Å². The van der Waals surface area contributed by atoms with Crippen molar-refractivity contribution in [2.24, 2.45) is 0 Å². The summed E-state index contributed by atoms with van der Waals surface area (Å²) in [6, 6.07) is 11.0. The summed E-state index contributed by atoms with van der Waals surface area (Å²) in [5.74, 6) is 0.470. The van der Waals surface area contributed by atoms with Crippen LogP contribution in [0.4, 0.5) is 0 Å². The van der Waals surface area contributed by atoms with Gasteiger partial charge < -0.3 is 9.47 Å².